The van der Waals surface area contributed by atoms with E-state index in [4.69, 9.17) is 23.7 Å². The minimum absolute atomic E-state index is 0.104. The molecule has 0 saturated heterocycles. The fraction of sp³-hybridized carbons (Fsp3) is 0.250. The Labute approximate surface area is 211 Å². The molecule has 0 aromatic heterocycles. The van der Waals surface area contributed by atoms with Crippen molar-refractivity contribution < 1.29 is 33.6 Å². The molecule has 0 bridgehead atoms. The first-order valence-electron chi connectivity index (χ1n) is 11.3. The zero-order chi connectivity index (χ0) is 26.1. The molecule has 2 aromatic rings. The van der Waals surface area contributed by atoms with E-state index in [1.807, 2.05) is 36.4 Å². The lowest BCUT2D eigenvalue weighted by molar-refractivity contribution is -0.111. The highest BCUT2D eigenvalue weighted by atomic mass is 16.5. The molecule has 0 radical (unpaired) electrons. The molecule has 0 spiro atoms. The molecule has 1 aliphatic rings. The largest absolute Gasteiger partial charge is 0.512 e. The maximum Gasteiger partial charge on any atom is 0.203 e. The van der Waals surface area contributed by atoms with Gasteiger partial charge in [-0.15, -0.1) is 0 Å². The van der Waals surface area contributed by atoms with Crippen molar-refractivity contribution in [3.05, 3.63) is 71.2 Å². The van der Waals surface area contributed by atoms with E-state index < -0.39 is 0 Å². The van der Waals surface area contributed by atoms with Crippen molar-refractivity contribution in [3.8, 4) is 28.7 Å². The monoisotopic (exact) mass is 493 g/mol. The third-order valence-electron chi connectivity index (χ3n) is 5.58. The second-order valence-corrected chi connectivity index (χ2v) is 7.73. The van der Waals surface area contributed by atoms with Gasteiger partial charge in [0.25, 0.3) is 0 Å². The van der Waals surface area contributed by atoms with Crippen LogP contribution in [-0.2, 0) is 4.79 Å². The predicted molar refractivity (Wildman–Crippen MR) is 140 cm³/mol. The van der Waals surface area contributed by atoms with Gasteiger partial charge in [0, 0.05) is 36.0 Å². The number of rotatable bonds is 11. The van der Waals surface area contributed by atoms with Crippen molar-refractivity contribution in [2.24, 2.45) is 0 Å². The van der Waals surface area contributed by atoms with Crippen LogP contribution in [0.3, 0.4) is 0 Å². The molecular formula is C28H31NO7. The Balaban J connectivity index is 1.94. The van der Waals surface area contributed by atoms with Crippen LogP contribution in [-0.4, -0.2) is 46.4 Å². The zero-order valence-electron chi connectivity index (χ0n) is 21.1. The summed E-state index contributed by atoms with van der Waals surface area (Å²) in [6, 6.07) is 7.27. The summed E-state index contributed by atoms with van der Waals surface area (Å²) in [7, 11) is 7.80. The van der Waals surface area contributed by atoms with E-state index in [0.717, 1.165) is 17.5 Å². The third-order valence-corrected chi connectivity index (χ3v) is 5.58. The lowest BCUT2D eigenvalue weighted by Crippen LogP contribution is -2.04. The molecule has 8 heteroatoms. The van der Waals surface area contributed by atoms with Gasteiger partial charge in [0.15, 0.2) is 28.8 Å². The Morgan fingerprint density at radius 2 is 1.50 bits per heavy atom. The number of ether oxygens (including phenoxy) is 5. The number of ketones is 1. The van der Waals surface area contributed by atoms with Gasteiger partial charge in [0.05, 0.1) is 41.1 Å². The van der Waals surface area contributed by atoms with Gasteiger partial charge in [0.2, 0.25) is 5.75 Å². The average molecular weight is 494 g/mol. The molecule has 0 fully saturated rings. The van der Waals surface area contributed by atoms with Gasteiger partial charge < -0.3 is 34.1 Å². The predicted octanol–water partition coefficient (Wildman–Crippen LogP) is 5.56. The Kier molecular flexibility index (Phi) is 9.05. The SMILES string of the molecule is COc1cc(/C=C\c2cc(OC)c(OC)c(OC)c2)c(N/C=C\C(=O)C2=C(O)CCC=C2)cc1OC. The number of aliphatic hydroxyl groups is 1. The van der Waals surface area contributed by atoms with Crippen molar-refractivity contribution in [2.75, 3.05) is 40.9 Å². The van der Waals surface area contributed by atoms with Crippen LogP contribution in [0.2, 0.25) is 0 Å². The summed E-state index contributed by atoms with van der Waals surface area (Å²) in [5.74, 6) is 2.48. The van der Waals surface area contributed by atoms with Crippen LogP contribution in [0.1, 0.15) is 24.0 Å². The van der Waals surface area contributed by atoms with E-state index in [-0.39, 0.29) is 11.5 Å². The number of hydrogen-bond donors (Lipinski definition) is 2. The molecule has 0 saturated carbocycles. The summed E-state index contributed by atoms with van der Waals surface area (Å²) in [5, 5.41) is 13.1. The van der Waals surface area contributed by atoms with Crippen molar-refractivity contribution in [3.63, 3.8) is 0 Å². The molecule has 2 N–H and O–H groups in total. The quantitative estimate of drug-likeness (QED) is 0.310. The molecule has 0 heterocycles. The summed E-state index contributed by atoms with van der Waals surface area (Å²) in [6.45, 7) is 0. The van der Waals surface area contributed by atoms with E-state index in [2.05, 4.69) is 5.32 Å². The van der Waals surface area contributed by atoms with E-state index in [0.29, 0.717) is 46.4 Å². The highest BCUT2D eigenvalue weighted by Gasteiger charge is 2.14. The van der Waals surface area contributed by atoms with E-state index in [9.17, 15) is 9.90 Å². The second kappa shape index (κ2) is 12.4. The van der Waals surface area contributed by atoms with Gasteiger partial charge in [-0.25, -0.2) is 0 Å². The number of aliphatic hydroxyl groups excluding tert-OH is 1. The maximum absolute atomic E-state index is 12.5. The van der Waals surface area contributed by atoms with Gasteiger partial charge >= 0.3 is 0 Å². The fourth-order valence-electron chi connectivity index (χ4n) is 3.71. The number of benzene rings is 2. The van der Waals surface area contributed by atoms with Crippen LogP contribution in [0.25, 0.3) is 12.2 Å². The number of anilines is 1. The number of carbonyl (C=O) groups excluding carboxylic acids is 1. The number of methoxy groups -OCH3 is 5. The number of carbonyl (C=O) groups is 1. The van der Waals surface area contributed by atoms with E-state index in [1.165, 1.54) is 12.3 Å². The van der Waals surface area contributed by atoms with Crippen LogP contribution < -0.4 is 29.0 Å². The summed E-state index contributed by atoms with van der Waals surface area (Å²) in [4.78, 5) is 12.5. The van der Waals surface area contributed by atoms with Crippen molar-refractivity contribution in [1.29, 1.82) is 0 Å². The Hall–Kier alpha value is -4.33. The van der Waals surface area contributed by atoms with Crippen molar-refractivity contribution >= 4 is 23.6 Å². The molecule has 36 heavy (non-hydrogen) atoms. The third kappa shape index (κ3) is 6.02. The molecule has 190 valence electrons. The molecule has 1 aliphatic carbocycles. The fourth-order valence-corrected chi connectivity index (χ4v) is 3.71. The highest BCUT2D eigenvalue weighted by molar-refractivity contribution is 6.06. The summed E-state index contributed by atoms with van der Waals surface area (Å²) in [5.41, 5.74) is 2.58. The molecule has 2 aromatic carbocycles. The standard InChI is InChI=1S/C28H31NO7/c1-32-24-16-19(11-10-18-14-26(34-3)28(36-5)27(15-18)35-4)21(17-25(24)33-2)29-13-12-23(31)20-8-6-7-9-22(20)30/h6,8,10-17,29-30H,7,9H2,1-5H3/b11-10-,13-12-. The van der Waals surface area contributed by atoms with Crippen LogP contribution >= 0.6 is 0 Å². The first kappa shape index (κ1) is 26.3. The summed E-state index contributed by atoms with van der Waals surface area (Å²) >= 11 is 0. The van der Waals surface area contributed by atoms with Gasteiger partial charge in [-0.05, 0) is 30.2 Å². The number of nitrogens with one attached hydrogen (secondary N) is 1. The Bertz CT molecular complexity index is 1200. The first-order valence-corrected chi connectivity index (χ1v) is 11.3. The normalized spacial score (nSPS) is 13.2. The molecule has 0 atom stereocenters. The van der Waals surface area contributed by atoms with Gasteiger partial charge in [-0.1, -0.05) is 24.3 Å². The molecule has 0 unspecified atom stereocenters. The van der Waals surface area contributed by atoms with E-state index in [1.54, 1.807) is 47.7 Å². The number of hydrogen-bond acceptors (Lipinski definition) is 8. The summed E-state index contributed by atoms with van der Waals surface area (Å²) < 4.78 is 27.2. The second-order valence-electron chi connectivity index (χ2n) is 7.73. The molecule has 8 nitrogen and oxygen atoms in total. The Morgan fingerprint density at radius 1 is 0.861 bits per heavy atom. The minimum Gasteiger partial charge on any atom is -0.512 e. The van der Waals surface area contributed by atoms with Crippen LogP contribution in [0.5, 0.6) is 28.7 Å². The average Bonchev–Trinajstić information content (AvgIpc) is 2.91. The summed E-state index contributed by atoms with van der Waals surface area (Å²) in [6.07, 6.45) is 11.4. The lowest BCUT2D eigenvalue weighted by atomic mass is 10.0. The topological polar surface area (TPSA) is 95.5 Å². The number of allylic oxidation sites excluding steroid dienone is 5. The molecule has 3 rings (SSSR count). The molecule has 0 amide bonds. The van der Waals surface area contributed by atoms with E-state index >= 15 is 0 Å². The van der Waals surface area contributed by atoms with Gasteiger partial charge in [0.1, 0.15) is 5.76 Å². The lowest BCUT2D eigenvalue weighted by Gasteiger charge is -2.14. The highest BCUT2D eigenvalue weighted by Crippen LogP contribution is 2.39. The first-order chi connectivity index (χ1) is 17.4. The van der Waals surface area contributed by atoms with Crippen LogP contribution in [0.15, 0.2) is 60.0 Å². The van der Waals surface area contributed by atoms with Crippen molar-refractivity contribution in [1.82, 2.24) is 0 Å². The zero-order valence-corrected chi connectivity index (χ0v) is 21.1. The van der Waals surface area contributed by atoms with Gasteiger partial charge in [-0.3, -0.25) is 4.79 Å². The Morgan fingerprint density at radius 3 is 2.08 bits per heavy atom. The minimum atomic E-state index is -0.286. The molecular weight excluding hydrogens is 462 g/mol. The van der Waals surface area contributed by atoms with Crippen molar-refractivity contribution in [2.45, 2.75) is 12.8 Å². The van der Waals surface area contributed by atoms with Gasteiger partial charge in [-0.2, -0.15) is 0 Å². The van der Waals surface area contributed by atoms with Crippen LogP contribution in [0, 0.1) is 0 Å². The van der Waals surface area contributed by atoms with Crippen LogP contribution in [0.4, 0.5) is 5.69 Å². The maximum atomic E-state index is 12.5. The smallest absolute Gasteiger partial charge is 0.203 e. The molecule has 0 aliphatic heterocycles.